The fourth-order valence-corrected chi connectivity index (χ4v) is 3.55. The Hall–Kier alpha value is -0.910. The minimum absolute atomic E-state index is 0.000926. The van der Waals surface area contributed by atoms with E-state index in [2.05, 4.69) is 42.0 Å². The van der Waals surface area contributed by atoms with E-state index in [0.717, 1.165) is 37.4 Å². The second-order valence-electron chi connectivity index (χ2n) is 6.26. The summed E-state index contributed by atoms with van der Waals surface area (Å²) in [6.45, 7) is 8.18. The number of hydrogen-bond acceptors (Lipinski definition) is 4. The van der Waals surface area contributed by atoms with E-state index < -0.39 is 0 Å². The van der Waals surface area contributed by atoms with Crippen LogP contribution in [0.3, 0.4) is 0 Å². The van der Waals surface area contributed by atoms with Gasteiger partial charge in [0.1, 0.15) is 0 Å². The Balaban J connectivity index is 2.29. The molecule has 1 aliphatic carbocycles. The van der Waals surface area contributed by atoms with Crippen molar-refractivity contribution in [1.82, 2.24) is 15.2 Å². The van der Waals surface area contributed by atoms with Crippen molar-refractivity contribution in [3.05, 3.63) is 18.0 Å². The largest absolute Gasteiger partial charge is 0.373 e. The van der Waals surface area contributed by atoms with Crippen molar-refractivity contribution >= 4 is 0 Å². The molecule has 0 amide bonds. The van der Waals surface area contributed by atoms with Gasteiger partial charge in [0.25, 0.3) is 0 Å². The van der Waals surface area contributed by atoms with Crippen LogP contribution in [0.2, 0.25) is 0 Å². The first-order valence-corrected chi connectivity index (χ1v) is 8.28. The summed E-state index contributed by atoms with van der Waals surface area (Å²) in [5.41, 5.74) is 3.96. The van der Waals surface area contributed by atoms with E-state index in [0.29, 0.717) is 6.61 Å². The van der Waals surface area contributed by atoms with Gasteiger partial charge in [-0.25, -0.2) is 5.43 Å². The van der Waals surface area contributed by atoms with Gasteiger partial charge in [-0.15, -0.1) is 0 Å². The van der Waals surface area contributed by atoms with Gasteiger partial charge in [0.05, 0.1) is 17.3 Å². The van der Waals surface area contributed by atoms with Crippen molar-refractivity contribution in [2.75, 3.05) is 6.61 Å². The van der Waals surface area contributed by atoms with Crippen LogP contribution in [-0.2, 0) is 11.3 Å². The summed E-state index contributed by atoms with van der Waals surface area (Å²) in [6, 6.07) is 2.07. The standard InChI is InChI=1S/C16H30N4O/c1-4-12-20-14(8-11-18-20)15(19-17)16(21-5-2)9-6-13(3)7-10-16/h8,11,13,15,19H,4-7,9-10,12,17H2,1-3H3. The maximum absolute atomic E-state index is 6.25. The lowest BCUT2D eigenvalue weighted by Crippen LogP contribution is -2.51. The number of nitrogens with two attached hydrogens (primary N) is 1. The van der Waals surface area contributed by atoms with Crippen LogP contribution in [0, 0.1) is 5.92 Å². The number of nitrogens with zero attached hydrogens (tertiary/aromatic N) is 2. The molecule has 0 aliphatic heterocycles. The van der Waals surface area contributed by atoms with Crippen molar-refractivity contribution in [3.63, 3.8) is 0 Å². The number of hydrazine groups is 1. The summed E-state index contributed by atoms with van der Waals surface area (Å²) in [6.07, 6.45) is 7.41. The molecule has 1 heterocycles. The van der Waals surface area contributed by atoms with E-state index in [1.165, 1.54) is 12.8 Å². The fourth-order valence-electron chi connectivity index (χ4n) is 3.55. The third kappa shape index (κ3) is 3.47. The SMILES string of the molecule is CCCn1nccc1C(NN)C1(OCC)CCC(C)CC1. The van der Waals surface area contributed by atoms with Crippen LogP contribution in [0.15, 0.2) is 12.3 Å². The van der Waals surface area contributed by atoms with Crippen molar-refractivity contribution in [1.29, 1.82) is 0 Å². The van der Waals surface area contributed by atoms with Crippen molar-refractivity contribution in [2.24, 2.45) is 11.8 Å². The number of nitrogens with one attached hydrogen (secondary N) is 1. The number of aryl methyl sites for hydroxylation is 1. The molecule has 1 saturated carbocycles. The van der Waals surface area contributed by atoms with E-state index in [1.807, 2.05) is 6.20 Å². The maximum atomic E-state index is 6.25. The third-order valence-electron chi connectivity index (χ3n) is 4.73. The zero-order valence-corrected chi connectivity index (χ0v) is 13.6. The Morgan fingerprint density at radius 1 is 1.48 bits per heavy atom. The summed E-state index contributed by atoms with van der Waals surface area (Å²) in [5.74, 6) is 6.71. The zero-order chi connectivity index (χ0) is 15.3. The molecule has 1 unspecified atom stereocenters. The van der Waals surface area contributed by atoms with Crippen LogP contribution < -0.4 is 11.3 Å². The van der Waals surface area contributed by atoms with E-state index in [4.69, 9.17) is 10.6 Å². The molecule has 0 spiro atoms. The second kappa shape index (κ2) is 7.38. The Morgan fingerprint density at radius 3 is 2.76 bits per heavy atom. The van der Waals surface area contributed by atoms with E-state index >= 15 is 0 Å². The second-order valence-corrected chi connectivity index (χ2v) is 6.26. The number of aromatic nitrogens is 2. The summed E-state index contributed by atoms with van der Waals surface area (Å²) >= 11 is 0. The summed E-state index contributed by atoms with van der Waals surface area (Å²) in [7, 11) is 0. The lowest BCUT2D eigenvalue weighted by Gasteiger charge is -2.44. The number of ether oxygens (including phenoxy) is 1. The van der Waals surface area contributed by atoms with Crippen LogP contribution in [0.1, 0.15) is 64.6 Å². The normalized spacial score (nSPS) is 27.7. The van der Waals surface area contributed by atoms with E-state index in [9.17, 15) is 0 Å². The van der Waals surface area contributed by atoms with E-state index in [-0.39, 0.29) is 11.6 Å². The highest BCUT2D eigenvalue weighted by atomic mass is 16.5. The number of rotatable bonds is 7. The van der Waals surface area contributed by atoms with Crippen molar-refractivity contribution in [3.8, 4) is 0 Å². The Morgan fingerprint density at radius 2 is 2.19 bits per heavy atom. The quantitative estimate of drug-likeness (QED) is 0.599. The Bertz CT molecular complexity index is 424. The van der Waals surface area contributed by atoms with Crippen LogP contribution in [0.25, 0.3) is 0 Å². The molecule has 0 bridgehead atoms. The Kier molecular flexibility index (Phi) is 5.79. The smallest absolute Gasteiger partial charge is 0.0918 e. The monoisotopic (exact) mass is 294 g/mol. The first kappa shape index (κ1) is 16.5. The average molecular weight is 294 g/mol. The van der Waals surface area contributed by atoms with Gasteiger partial charge < -0.3 is 4.74 Å². The van der Waals surface area contributed by atoms with Gasteiger partial charge in [0.15, 0.2) is 0 Å². The predicted octanol–water partition coefficient (Wildman–Crippen LogP) is 2.78. The van der Waals surface area contributed by atoms with Gasteiger partial charge in [0, 0.05) is 19.3 Å². The van der Waals surface area contributed by atoms with Crippen molar-refractivity contribution < 1.29 is 4.74 Å². The minimum atomic E-state index is -0.207. The molecule has 3 N–H and O–H groups in total. The predicted molar refractivity (Wildman–Crippen MR) is 84.6 cm³/mol. The molecule has 1 aromatic rings. The molecule has 1 atom stereocenters. The fraction of sp³-hybridized carbons (Fsp3) is 0.812. The molecular weight excluding hydrogens is 264 g/mol. The molecule has 0 aromatic carbocycles. The van der Waals surface area contributed by atoms with Crippen LogP contribution in [0.5, 0.6) is 0 Å². The van der Waals surface area contributed by atoms with Crippen LogP contribution >= 0.6 is 0 Å². The summed E-state index contributed by atoms with van der Waals surface area (Å²) in [5, 5.41) is 4.44. The first-order valence-electron chi connectivity index (χ1n) is 8.28. The Labute approximate surface area is 128 Å². The van der Waals surface area contributed by atoms with Crippen LogP contribution in [0.4, 0.5) is 0 Å². The lowest BCUT2D eigenvalue weighted by atomic mass is 9.74. The van der Waals surface area contributed by atoms with Gasteiger partial charge in [-0.2, -0.15) is 5.10 Å². The molecule has 5 nitrogen and oxygen atoms in total. The molecule has 0 radical (unpaired) electrons. The molecule has 21 heavy (non-hydrogen) atoms. The molecule has 1 aromatic heterocycles. The highest BCUT2D eigenvalue weighted by Crippen LogP contribution is 2.42. The van der Waals surface area contributed by atoms with Gasteiger partial charge in [-0.1, -0.05) is 13.8 Å². The average Bonchev–Trinajstić information content (AvgIpc) is 2.92. The van der Waals surface area contributed by atoms with Gasteiger partial charge in [-0.05, 0) is 51.0 Å². The van der Waals surface area contributed by atoms with E-state index in [1.54, 1.807) is 0 Å². The zero-order valence-electron chi connectivity index (χ0n) is 13.6. The minimum Gasteiger partial charge on any atom is -0.373 e. The molecule has 2 rings (SSSR count). The van der Waals surface area contributed by atoms with Gasteiger partial charge in [0.2, 0.25) is 0 Å². The van der Waals surface area contributed by atoms with Gasteiger partial charge >= 0.3 is 0 Å². The molecule has 120 valence electrons. The molecular formula is C16H30N4O. The number of hydrogen-bond donors (Lipinski definition) is 2. The lowest BCUT2D eigenvalue weighted by molar-refractivity contribution is -0.0993. The molecule has 1 fully saturated rings. The maximum Gasteiger partial charge on any atom is 0.0918 e. The molecule has 1 aliphatic rings. The molecule has 0 saturated heterocycles. The highest BCUT2D eigenvalue weighted by Gasteiger charge is 2.43. The van der Waals surface area contributed by atoms with Gasteiger partial charge in [-0.3, -0.25) is 10.5 Å². The summed E-state index contributed by atoms with van der Waals surface area (Å²) < 4.78 is 8.30. The highest BCUT2D eigenvalue weighted by molar-refractivity contribution is 5.14. The molecule has 5 heteroatoms. The summed E-state index contributed by atoms with van der Waals surface area (Å²) in [4.78, 5) is 0. The third-order valence-corrected chi connectivity index (χ3v) is 4.73. The van der Waals surface area contributed by atoms with Crippen molar-refractivity contribution in [2.45, 2.75) is 71.1 Å². The first-order chi connectivity index (χ1) is 10.2. The van der Waals surface area contributed by atoms with Crippen LogP contribution in [-0.4, -0.2) is 22.0 Å². The topological polar surface area (TPSA) is 65.1 Å².